The van der Waals surface area contributed by atoms with Gasteiger partial charge >= 0.3 is 32.4 Å². The first-order valence-corrected chi connectivity index (χ1v) is 38.7. The molecule has 0 unspecified atom stereocenters. The van der Waals surface area contributed by atoms with Crippen molar-refractivity contribution in [3.63, 3.8) is 0 Å². The number of rotatable bonds is 20. The molecule has 5 aliphatic rings. The Kier molecular flexibility index (Phi) is 18.5. The molecule has 5 aromatic carbocycles. The molecular weight excluding hydrogens is 1440 g/mol. The lowest BCUT2D eigenvalue weighted by Gasteiger charge is -2.43. The van der Waals surface area contributed by atoms with E-state index in [1.165, 1.54) is 30.3 Å². The van der Waals surface area contributed by atoms with Crippen molar-refractivity contribution in [1.29, 1.82) is 0 Å². The number of ketones is 1. The number of nitrogens with zero attached hydrogens (tertiary/aromatic N) is 5. The zero-order valence-corrected chi connectivity index (χ0v) is 60.0. The lowest BCUT2D eigenvalue weighted by Crippen LogP contribution is -2.48. The number of carbonyl (C=O) groups is 3. The number of halogens is 5. The van der Waals surface area contributed by atoms with E-state index >= 15 is 8.78 Å². The summed E-state index contributed by atoms with van der Waals surface area (Å²) < 4.78 is 189. The fourth-order valence-corrected chi connectivity index (χ4v) is 19.2. The van der Waals surface area contributed by atoms with E-state index in [1.54, 1.807) is 73.6 Å². The number of thioether (sulfide) groups is 1. The highest BCUT2D eigenvalue weighted by atomic mass is 32.3. The summed E-state index contributed by atoms with van der Waals surface area (Å²) in [7, 11) is -10.4. The number of urea groups is 1. The molecule has 101 heavy (non-hydrogen) atoms. The molecule has 3 aromatic heterocycles. The molecule has 21 nitrogen and oxygen atoms in total. The van der Waals surface area contributed by atoms with Crippen molar-refractivity contribution in [2.24, 2.45) is 0 Å². The lowest BCUT2D eigenvalue weighted by atomic mass is 9.83. The molecule has 5 N–H and O–H groups in total. The molecule has 3 amide bonds. The van der Waals surface area contributed by atoms with Crippen molar-refractivity contribution in [3.05, 3.63) is 159 Å². The van der Waals surface area contributed by atoms with Crippen molar-refractivity contribution in [3.8, 4) is 43.6 Å². The zero-order valence-electron chi connectivity index (χ0n) is 55.1. The van der Waals surface area contributed by atoms with Gasteiger partial charge in [-0.1, -0.05) is 30.7 Å². The Morgan fingerprint density at radius 3 is 2.22 bits per heavy atom. The summed E-state index contributed by atoms with van der Waals surface area (Å²) in [6, 6.07) is 24.4. The van der Waals surface area contributed by atoms with Gasteiger partial charge in [-0.05, 0) is 111 Å². The largest absolute Gasteiger partial charge is 0.456 e. The fourth-order valence-electron chi connectivity index (χ4n) is 13.5. The number of anilines is 4. The van der Waals surface area contributed by atoms with Gasteiger partial charge in [-0.3, -0.25) is 27.8 Å². The molecule has 13 rings (SSSR count). The summed E-state index contributed by atoms with van der Waals surface area (Å²) in [5, 5.41) is 9.32. The number of pyridine rings is 1. The lowest BCUT2D eigenvalue weighted by molar-refractivity contribution is -0.137. The number of Topliss-reactive ketones (excluding diaryl/α,β-unsaturated/α-hetero) is 1. The van der Waals surface area contributed by atoms with Crippen LogP contribution in [0.3, 0.4) is 0 Å². The van der Waals surface area contributed by atoms with Gasteiger partial charge in [0.05, 0.1) is 64.4 Å². The van der Waals surface area contributed by atoms with E-state index < -0.39 is 97.9 Å². The summed E-state index contributed by atoms with van der Waals surface area (Å²) in [5.74, 6) is -3.42. The van der Waals surface area contributed by atoms with Crippen LogP contribution in [-0.4, -0.2) is 116 Å². The van der Waals surface area contributed by atoms with Crippen LogP contribution in [0.25, 0.3) is 37.7 Å². The number of aromatic nitrogens is 1. The number of ether oxygens (including phenoxy) is 1. The monoisotopic (exact) mass is 1500 g/mol. The van der Waals surface area contributed by atoms with Crippen molar-refractivity contribution >= 4 is 111 Å². The molecule has 1 fully saturated rings. The second-order valence-corrected chi connectivity index (χ2v) is 34.2. The maximum absolute atomic E-state index is 18.2. The van der Waals surface area contributed by atoms with Crippen LogP contribution in [0.4, 0.5) is 49.6 Å². The van der Waals surface area contributed by atoms with Gasteiger partial charge in [-0.2, -0.15) is 38.4 Å². The Morgan fingerprint density at radius 1 is 0.822 bits per heavy atom. The second-order valence-electron chi connectivity index (χ2n) is 26.1. The third-order valence-corrected chi connectivity index (χ3v) is 26.6. The Hall–Kier alpha value is -8.18. The van der Waals surface area contributed by atoms with Gasteiger partial charge in [0, 0.05) is 119 Å². The molecule has 0 saturated carbocycles. The summed E-state index contributed by atoms with van der Waals surface area (Å²) in [5.41, 5.74) is 1.04. The van der Waals surface area contributed by atoms with E-state index in [9.17, 15) is 61.9 Å². The topological polar surface area (TPSA) is 274 Å². The zero-order chi connectivity index (χ0) is 72.4. The van der Waals surface area contributed by atoms with Crippen LogP contribution in [0.2, 0.25) is 0 Å². The number of carbonyl (C=O) groups excluding carboxylic acids is 3. The van der Waals surface area contributed by atoms with Crippen LogP contribution < -0.4 is 50.5 Å². The predicted octanol–water partition coefficient (Wildman–Crippen LogP) is 11.5. The van der Waals surface area contributed by atoms with Gasteiger partial charge < -0.3 is 30.5 Å². The molecular formula is C69H66F5N8O13S6+. The third kappa shape index (κ3) is 13.2. The van der Waals surface area contributed by atoms with Crippen LogP contribution >= 0.6 is 34.4 Å². The highest BCUT2D eigenvalue weighted by Crippen LogP contribution is 2.56. The number of nitrogens with one attached hydrogen (secondary N) is 3. The van der Waals surface area contributed by atoms with Crippen molar-refractivity contribution in [2.75, 3.05) is 73.2 Å². The SMILES string of the molecule is COS(=O)(=O)c1c(F)cc(SCC(=O)NCCCCCC(=O)CNCc2ccc(NC(=O)N3c4nc(-c5cccc(C(F)(F)F)c5)ccc4N4CC[C@H]3C4)cc2)c(F)c1C1=c2cc3c(cc2Oc2cc4c(cc21)-c1sc(S(=O)(=O)O)cc1C(C)(C)N4C)=[N+](C)C(C)(C)c1cc(S(=O)(=O)O)sc1-3. The van der Waals surface area contributed by atoms with Gasteiger partial charge in [0.25, 0.3) is 10.1 Å². The van der Waals surface area contributed by atoms with Crippen molar-refractivity contribution < 1.29 is 79.6 Å². The number of hydrogen-bond donors (Lipinski definition) is 5. The third-order valence-electron chi connectivity index (χ3n) is 19.3. The Balaban J connectivity index is 0.683. The van der Waals surface area contributed by atoms with E-state index in [0.29, 0.717) is 129 Å². The number of amides is 3. The molecule has 8 aromatic rings. The molecule has 1 atom stereocenters. The smallest absolute Gasteiger partial charge is 0.416 e. The van der Waals surface area contributed by atoms with Gasteiger partial charge in [-0.25, -0.2) is 23.1 Å². The molecule has 5 aliphatic heterocycles. The first-order valence-electron chi connectivity index (χ1n) is 31.8. The Morgan fingerprint density at radius 2 is 1.52 bits per heavy atom. The number of thiophene rings is 2. The van der Waals surface area contributed by atoms with Crippen LogP contribution in [0.1, 0.15) is 93.2 Å². The summed E-state index contributed by atoms with van der Waals surface area (Å²) in [6.45, 7) is 9.18. The summed E-state index contributed by atoms with van der Waals surface area (Å²) in [6.07, 6.45) is -2.12. The van der Waals surface area contributed by atoms with Crippen LogP contribution in [0.15, 0.2) is 121 Å². The Bertz CT molecular complexity index is 5320. The minimum atomic E-state index is -5.18. The molecule has 8 heterocycles. The number of unbranched alkanes of at least 4 members (excludes halogenated alkanes) is 2. The van der Waals surface area contributed by atoms with Crippen molar-refractivity contribution in [1.82, 2.24) is 20.2 Å². The quantitative estimate of drug-likeness (QED) is 0.0118. The second kappa shape index (κ2) is 26.3. The number of benzene rings is 5. The van der Waals surface area contributed by atoms with Crippen LogP contribution in [-0.2, 0) is 67.9 Å². The van der Waals surface area contributed by atoms with Gasteiger partial charge in [0.2, 0.25) is 11.3 Å². The normalized spacial score (nSPS) is 16.3. The minimum Gasteiger partial charge on any atom is -0.456 e. The van der Waals surface area contributed by atoms with E-state index in [0.717, 1.165) is 47.5 Å². The molecule has 32 heteroatoms. The molecule has 0 radical (unpaired) electrons. The molecule has 0 spiro atoms. The molecule has 2 bridgehead atoms. The van der Waals surface area contributed by atoms with E-state index in [1.807, 2.05) is 37.2 Å². The maximum Gasteiger partial charge on any atom is 0.416 e. The average molecular weight is 1500 g/mol. The maximum atomic E-state index is 18.2. The molecule has 0 aliphatic carbocycles. The first kappa shape index (κ1) is 71.2. The average Bonchev–Trinajstić information content (AvgIpc) is 1.69. The minimum absolute atomic E-state index is 0.00488. The Labute approximate surface area is 590 Å². The summed E-state index contributed by atoms with van der Waals surface area (Å²) >= 11 is 2.11. The van der Waals surface area contributed by atoms with Crippen LogP contribution in [0, 0.1) is 11.6 Å². The molecule has 1 saturated heterocycles. The molecule has 530 valence electrons. The number of hydrogen-bond acceptors (Lipinski definition) is 18. The summed E-state index contributed by atoms with van der Waals surface area (Å²) in [4.78, 5) is 49.7. The highest BCUT2D eigenvalue weighted by Gasteiger charge is 2.46. The highest BCUT2D eigenvalue weighted by molar-refractivity contribution is 8.00. The standard InChI is InChI=1S/C69H65F5N8O13S6/c1-67(2)46-27-57(99(86,87)88)97-62(46)42-25-44-53(30-51(42)79(67)5)95-54-31-52-43(63-47(68(3,4)80(52)6)28-58(98-63)100(89,90)91)26-45(54)59(44)60-61(71)55(29-48(70)64(60)101(92,93)94-7)96-35-56(84)76-22-10-8-9-14-41(83)33-75-32-36-15-17-39(18-16-36)77-66(85)82-40-21-23-81(34-40)50-20-19-49(78-65(50)82)37-12-11-13-38(24-37)69(72,73)74/h11-13,15-20,24-31,40,75H,8-10,14,21-23,32-35H2,1-7H3,(H3-,76,77,84,85,86,87,88,89,90,91)/p+1/t40-/m0/s1. The predicted molar refractivity (Wildman–Crippen MR) is 374 cm³/mol. The van der Waals surface area contributed by atoms with E-state index in [-0.39, 0.29) is 73.2 Å². The first-order chi connectivity index (χ1) is 47.5. The van der Waals surface area contributed by atoms with E-state index in [4.69, 9.17) is 13.9 Å². The van der Waals surface area contributed by atoms with Gasteiger partial charge in [0.1, 0.15) is 49.3 Å². The van der Waals surface area contributed by atoms with Crippen molar-refractivity contribution in [2.45, 2.75) is 108 Å². The number of alkyl halides is 3. The van der Waals surface area contributed by atoms with Crippen LogP contribution in [0.5, 0.6) is 11.5 Å². The number of fused-ring (bicyclic) bond motifs is 12. The fraction of sp³-hybridized carbons (Fsp3) is 0.319. The van der Waals surface area contributed by atoms with E-state index in [2.05, 4.69) is 20.9 Å². The van der Waals surface area contributed by atoms with Gasteiger partial charge in [0.15, 0.2) is 11.4 Å². The van der Waals surface area contributed by atoms with Gasteiger partial charge in [-0.15, -0.1) is 34.4 Å².